The summed E-state index contributed by atoms with van der Waals surface area (Å²) in [6, 6.07) is 0. The fourth-order valence-corrected chi connectivity index (χ4v) is 3.12. The third-order valence-electron chi connectivity index (χ3n) is 8.50. The normalized spacial score (nSPS) is 7.89. The summed E-state index contributed by atoms with van der Waals surface area (Å²) in [6.07, 6.45) is 19.4. The van der Waals surface area contributed by atoms with Crippen LogP contribution in [-0.4, -0.2) is 100 Å². The minimum Gasteiger partial charge on any atom is -0.307 e. The van der Waals surface area contributed by atoms with E-state index in [0.29, 0.717) is 0 Å². The molecule has 0 aliphatic rings. The van der Waals surface area contributed by atoms with E-state index < -0.39 is 0 Å². The van der Waals surface area contributed by atoms with Crippen LogP contribution in [0.5, 0.6) is 0 Å². The van der Waals surface area contributed by atoms with Crippen LogP contribution in [-0.2, 0) is 0 Å². The minimum atomic E-state index is 0.903. The Kier molecular flexibility index (Phi) is 351. The lowest BCUT2D eigenvalue weighted by Crippen LogP contribution is -2.15. The van der Waals surface area contributed by atoms with Gasteiger partial charge in [-0.3, -0.25) is 0 Å². The van der Waals surface area contributed by atoms with Gasteiger partial charge in [0.25, 0.3) is 0 Å². The predicted molar refractivity (Wildman–Crippen MR) is 357 cm³/mol. The Balaban J connectivity index is -0.0000000262. The fraction of sp³-hybridized carbons (Fsp3) is 1.00. The molecule has 0 bridgehead atoms. The van der Waals surface area contributed by atoms with Gasteiger partial charge in [-0.15, -0.1) is 0 Å². The van der Waals surface area contributed by atoms with Crippen LogP contribution in [0.15, 0.2) is 0 Å². The molecule has 0 amide bonds. The van der Waals surface area contributed by atoms with Crippen molar-refractivity contribution in [2.45, 2.75) is 353 Å². The average Bonchev–Trinajstić information content (AvgIpc) is 3.46. The van der Waals surface area contributed by atoms with Gasteiger partial charge in [0.2, 0.25) is 0 Å². The summed E-state index contributed by atoms with van der Waals surface area (Å²) in [5.74, 6) is 1.81. The Morgan fingerprint density at radius 3 is 0.329 bits per heavy atom. The Labute approximate surface area is 463 Å². The van der Waals surface area contributed by atoms with Crippen molar-refractivity contribution >= 4 is 0 Å². The Hall–Kier alpha value is -0.160. The second-order valence-corrected chi connectivity index (χ2v) is 14.4. The lowest BCUT2D eigenvalue weighted by molar-refractivity contribution is 0.373. The van der Waals surface area contributed by atoms with Gasteiger partial charge in [0.05, 0.1) is 0 Å². The van der Waals surface area contributed by atoms with E-state index in [-0.39, 0.29) is 0 Å². The van der Waals surface area contributed by atoms with Crippen LogP contribution >= 0.6 is 0 Å². The van der Waals surface area contributed by atoms with Gasteiger partial charge in [0, 0.05) is 0 Å². The van der Waals surface area contributed by atoms with E-state index in [9.17, 15) is 0 Å². The van der Waals surface area contributed by atoms with Crippen molar-refractivity contribution in [3.63, 3.8) is 0 Å². The first kappa shape index (κ1) is 123. The van der Waals surface area contributed by atoms with Crippen LogP contribution in [0.1, 0.15) is 353 Å². The zero-order chi connectivity index (χ0) is 61.0. The first-order chi connectivity index (χ1) is 33.6. The van der Waals surface area contributed by atoms with Gasteiger partial charge in [-0.1, -0.05) is 353 Å². The molecule has 0 aromatic rings. The molecule has 0 saturated heterocycles. The van der Waals surface area contributed by atoms with Crippen molar-refractivity contribution in [2.24, 2.45) is 11.8 Å². The van der Waals surface area contributed by atoms with E-state index >= 15 is 0 Å². The number of hydrogen-bond donors (Lipinski definition) is 0. The van der Waals surface area contributed by atoms with Crippen LogP contribution < -0.4 is 0 Å². The van der Waals surface area contributed by atoms with Crippen molar-refractivity contribution in [1.29, 1.82) is 0 Å². The molecule has 0 aromatic heterocycles. The highest BCUT2D eigenvalue weighted by atomic mass is 15.1. The predicted octanol–water partition coefficient (Wildman–Crippen LogP) is 24.9. The molecule has 0 radical (unpaired) electrons. The van der Waals surface area contributed by atoms with Crippen molar-refractivity contribution in [1.82, 2.24) is 19.6 Å². The quantitative estimate of drug-likeness (QED) is 0.113. The molecule has 0 aliphatic carbocycles. The zero-order valence-corrected chi connectivity index (χ0v) is 60.5. The van der Waals surface area contributed by atoms with E-state index in [1.807, 2.05) is 138 Å². The molecule has 0 aromatic carbocycles. The number of unbranched alkanes of at least 4 members (excludes halogenated alkanes) is 8. The molecule has 4 heteroatoms. The van der Waals surface area contributed by atoms with Crippen LogP contribution in [0.2, 0.25) is 0 Å². The van der Waals surface area contributed by atoms with Gasteiger partial charge in [-0.25, -0.2) is 0 Å². The lowest BCUT2D eigenvalue weighted by atomic mass is 10.1. The van der Waals surface area contributed by atoms with E-state index in [1.54, 1.807) is 0 Å². The van der Waals surface area contributed by atoms with Gasteiger partial charge < -0.3 is 19.6 Å². The molecule has 0 atom stereocenters. The summed E-state index contributed by atoms with van der Waals surface area (Å²) >= 11 is 0. The highest BCUT2D eigenvalue weighted by Gasteiger charge is 1.89. The summed E-state index contributed by atoms with van der Waals surface area (Å²) < 4.78 is 0. The van der Waals surface area contributed by atoms with Crippen LogP contribution in [0.4, 0.5) is 0 Å². The SMILES string of the molecule is CC.CC.CC.CC.CC.CC.CC.CC.CC.CC.CCCCC(C)C.CCCCC(C)C.CCCCCC.CCCCCC.CCN(C)CC.CCN(C)CC.CCN(C)CC.CCN(C)CC. The van der Waals surface area contributed by atoms with Crippen LogP contribution in [0, 0.1) is 11.8 Å². The minimum absolute atomic E-state index is 0.903. The molecule has 0 heterocycles. The number of hydrogen-bond acceptors (Lipinski definition) is 4. The maximum Gasteiger partial charge on any atom is -0.00504 e. The van der Waals surface area contributed by atoms with Crippen LogP contribution in [0.3, 0.4) is 0 Å². The van der Waals surface area contributed by atoms with Gasteiger partial charge >= 0.3 is 0 Å². The molecular formula is C66H172N4. The first-order valence-electron chi connectivity index (χ1n) is 32.3. The highest BCUT2D eigenvalue weighted by Crippen LogP contribution is 2.05. The van der Waals surface area contributed by atoms with Gasteiger partial charge in [-0.2, -0.15) is 0 Å². The average molecular weight is 1020 g/mol. The Bertz CT molecular complexity index is 360. The second-order valence-electron chi connectivity index (χ2n) is 14.4. The summed E-state index contributed by atoms with van der Waals surface area (Å²) in [6.45, 7) is 89.1. The van der Waals surface area contributed by atoms with Crippen molar-refractivity contribution in [2.75, 3.05) is 80.5 Å². The molecule has 456 valence electrons. The molecule has 4 nitrogen and oxygen atoms in total. The van der Waals surface area contributed by atoms with E-state index in [2.05, 4.69) is 172 Å². The zero-order valence-electron chi connectivity index (χ0n) is 60.5. The third-order valence-corrected chi connectivity index (χ3v) is 8.50. The van der Waals surface area contributed by atoms with Gasteiger partial charge in [0.1, 0.15) is 0 Å². The number of rotatable bonds is 20. The summed E-state index contributed by atoms with van der Waals surface area (Å²) in [7, 11) is 8.44. The molecule has 0 N–H and O–H groups in total. The standard InChI is InChI=1S/2C7H16.2C6H14.4C5H13N.10C2H6/c2*1-4-5-6-7(2)3;2*1-3-5-6-4-2;4*1-4-6(3)5-2;10*1-2/h2*7H,4-6H2,1-3H3;2*3-6H2,1-2H3;4*4-5H2,1-3H3;10*1-2H3. The largest absolute Gasteiger partial charge is 0.307 e. The molecule has 70 heavy (non-hydrogen) atoms. The summed E-state index contributed by atoms with van der Waals surface area (Å²) in [4.78, 5) is 9.00. The van der Waals surface area contributed by atoms with Gasteiger partial charge in [-0.05, 0) is 92.4 Å². The monoisotopic (exact) mass is 1020 g/mol. The lowest BCUT2D eigenvalue weighted by Gasteiger charge is -2.07. The fourth-order valence-electron chi connectivity index (χ4n) is 3.12. The van der Waals surface area contributed by atoms with Crippen molar-refractivity contribution < 1.29 is 0 Å². The first-order valence-corrected chi connectivity index (χ1v) is 32.3. The molecule has 0 spiro atoms. The van der Waals surface area contributed by atoms with Crippen molar-refractivity contribution in [3.05, 3.63) is 0 Å². The van der Waals surface area contributed by atoms with E-state index in [1.165, 1.54) is 89.9 Å². The molecule has 0 rings (SSSR count). The summed E-state index contributed by atoms with van der Waals surface area (Å²) in [5, 5.41) is 0. The van der Waals surface area contributed by atoms with Crippen LogP contribution in [0.25, 0.3) is 0 Å². The molecule has 0 saturated carbocycles. The molecule has 0 fully saturated rings. The maximum absolute atomic E-state index is 2.27. The second kappa shape index (κ2) is 200. The maximum atomic E-state index is 2.27. The topological polar surface area (TPSA) is 13.0 Å². The van der Waals surface area contributed by atoms with E-state index in [0.717, 1.165) is 64.2 Å². The molecular weight excluding hydrogens is 849 g/mol. The highest BCUT2D eigenvalue weighted by molar-refractivity contribution is 4.43. The summed E-state index contributed by atoms with van der Waals surface area (Å²) in [5.41, 5.74) is 0. The Morgan fingerprint density at radius 2 is 0.300 bits per heavy atom. The van der Waals surface area contributed by atoms with Gasteiger partial charge in [0.15, 0.2) is 0 Å². The number of nitrogens with zero attached hydrogens (tertiary/aromatic N) is 4. The molecule has 0 unspecified atom stereocenters. The smallest absolute Gasteiger partial charge is 0.00504 e. The molecule has 0 aliphatic heterocycles. The third kappa shape index (κ3) is 340. The van der Waals surface area contributed by atoms with E-state index in [4.69, 9.17) is 0 Å². The van der Waals surface area contributed by atoms with Crippen molar-refractivity contribution in [3.8, 4) is 0 Å². The Morgan fingerprint density at radius 1 is 0.200 bits per heavy atom.